The first-order chi connectivity index (χ1) is 26.0. The number of rotatable bonds is 18. The lowest BCUT2D eigenvalue weighted by Gasteiger charge is -2.25. The average Bonchev–Trinajstić information content (AvgIpc) is 3.93. The minimum absolute atomic E-state index is 0.0447. The van der Waals surface area contributed by atoms with Crippen LogP contribution in [0.1, 0.15) is 52.6 Å². The lowest BCUT2D eigenvalue weighted by Crippen LogP contribution is -2.28. The summed E-state index contributed by atoms with van der Waals surface area (Å²) in [6, 6.07) is 17.2. The fourth-order valence-electron chi connectivity index (χ4n) is 8.84. The van der Waals surface area contributed by atoms with E-state index < -0.39 is 47.3 Å². The second-order valence-corrected chi connectivity index (χ2v) is 15.6. The van der Waals surface area contributed by atoms with Gasteiger partial charge in [0.15, 0.2) is 0 Å². The third kappa shape index (κ3) is 10.7. The molecule has 0 aliphatic carbocycles. The van der Waals surface area contributed by atoms with Gasteiger partial charge in [0.05, 0.1) is 17.8 Å². The zero-order valence-corrected chi connectivity index (χ0v) is 30.6. The van der Waals surface area contributed by atoms with Crippen LogP contribution in [0.5, 0.6) is 0 Å². The van der Waals surface area contributed by atoms with E-state index in [2.05, 4.69) is 20.9 Å². The molecule has 3 aliphatic heterocycles. The van der Waals surface area contributed by atoms with E-state index >= 15 is 8.78 Å². The van der Waals surface area contributed by atoms with Gasteiger partial charge in [-0.15, -0.1) is 0 Å². The predicted octanol–water partition coefficient (Wildman–Crippen LogP) is 4.73. The van der Waals surface area contributed by atoms with Crippen LogP contribution in [0, 0.1) is 47.1 Å². The normalized spacial score (nSPS) is 21.6. The molecule has 3 saturated heterocycles. The Morgan fingerprint density at radius 2 is 0.907 bits per heavy atom. The first-order valence-corrected chi connectivity index (χ1v) is 19.2. The summed E-state index contributed by atoms with van der Waals surface area (Å²) in [4.78, 5) is 38.8. The summed E-state index contributed by atoms with van der Waals surface area (Å²) in [5.41, 5.74) is 4.29. The van der Waals surface area contributed by atoms with Crippen molar-refractivity contribution in [2.24, 2.45) is 35.5 Å². The molecule has 0 saturated carbocycles. The number of benzene rings is 3. The SMILES string of the molecule is O=C(O)[C@@H](Cc1cccc(CN(Cc2cc(F)cc(C[C@H](C(=O)O)[C@H]3CCNC3)c2)Cc2cc(F)cc(C[C@H](C(=O)O)[C@H]3CCNC3)c2)c1)[C@H]1CCNC1. The first kappa shape index (κ1) is 39.5. The fourth-order valence-corrected chi connectivity index (χ4v) is 8.84. The molecule has 3 heterocycles. The summed E-state index contributed by atoms with van der Waals surface area (Å²) in [5, 5.41) is 39.8. The van der Waals surface area contributed by atoms with Gasteiger partial charge in [0, 0.05) is 19.6 Å². The van der Waals surface area contributed by atoms with Crippen LogP contribution in [-0.4, -0.2) is 77.4 Å². The molecule has 0 aromatic heterocycles. The molecule has 12 heteroatoms. The largest absolute Gasteiger partial charge is 0.481 e. The Morgan fingerprint density at radius 3 is 1.30 bits per heavy atom. The van der Waals surface area contributed by atoms with Crippen LogP contribution in [0.25, 0.3) is 0 Å². The van der Waals surface area contributed by atoms with Crippen molar-refractivity contribution in [3.8, 4) is 0 Å². The molecule has 6 rings (SSSR count). The van der Waals surface area contributed by atoms with Gasteiger partial charge in [-0.25, -0.2) is 8.78 Å². The van der Waals surface area contributed by atoms with E-state index in [1.54, 1.807) is 0 Å². The number of hydrogen-bond donors (Lipinski definition) is 6. The van der Waals surface area contributed by atoms with Crippen molar-refractivity contribution in [2.75, 3.05) is 39.3 Å². The van der Waals surface area contributed by atoms with Crippen LogP contribution in [-0.2, 0) is 53.3 Å². The molecule has 0 bridgehead atoms. The number of halogens is 2. The Hall–Kier alpha value is -4.23. The summed E-state index contributed by atoms with van der Waals surface area (Å²) in [6.07, 6.45) is 3.09. The second-order valence-electron chi connectivity index (χ2n) is 15.6. The molecule has 3 fully saturated rings. The van der Waals surface area contributed by atoms with Crippen LogP contribution in [0.2, 0.25) is 0 Å². The maximum Gasteiger partial charge on any atom is 0.307 e. The summed E-state index contributed by atoms with van der Waals surface area (Å²) < 4.78 is 30.4. The number of carboxylic acid groups (broad SMARTS) is 3. The van der Waals surface area contributed by atoms with Gasteiger partial charge in [-0.1, -0.05) is 36.4 Å². The number of hydrogen-bond acceptors (Lipinski definition) is 7. The van der Waals surface area contributed by atoms with E-state index in [0.29, 0.717) is 54.9 Å². The van der Waals surface area contributed by atoms with E-state index in [9.17, 15) is 29.7 Å². The molecular formula is C42H52F2N4O6. The molecule has 0 unspecified atom stereocenters. The van der Waals surface area contributed by atoms with Crippen LogP contribution < -0.4 is 16.0 Å². The summed E-state index contributed by atoms with van der Waals surface area (Å²) >= 11 is 0. The lowest BCUT2D eigenvalue weighted by atomic mass is 9.85. The van der Waals surface area contributed by atoms with Crippen LogP contribution in [0.3, 0.4) is 0 Å². The van der Waals surface area contributed by atoms with Crippen molar-refractivity contribution in [3.05, 3.63) is 106 Å². The molecule has 0 amide bonds. The number of nitrogens with zero attached hydrogens (tertiary/aromatic N) is 1. The Kier molecular flexibility index (Phi) is 13.4. The molecular weight excluding hydrogens is 694 g/mol. The quantitative estimate of drug-likeness (QED) is 0.108. The van der Waals surface area contributed by atoms with Crippen molar-refractivity contribution in [1.82, 2.24) is 20.9 Å². The van der Waals surface area contributed by atoms with Crippen molar-refractivity contribution in [1.29, 1.82) is 0 Å². The van der Waals surface area contributed by atoms with Crippen LogP contribution in [0.4, 0.5) is 8.78 Å². The predicted molar refractivity (Wildman–Crippen MR) is 200 cm³/mol. The molecule has 3 aromatic carbocycles. The third-order valence-corrected chi connectivity index (χ3v) is 11.6. The standard InChI is InChI=1S/C42H52F2N4O6/c43-35-13-28(18-38(41(51)52)33-5-8-46-21-33)11-30(15-35)24-48(23-27-3-1-2-26(10-27)17-37(40(49)50)32-4-7-45-20-32)25-31-12-29(14-36(44)16-31)19-39(42(53)54)34-6-9-47-22-34/h1-3,10-16,32-34,37-39,45-47H,4-9,17-25H2,(H,49,50)(H,51,52)(H,53,54)/t32-,33-,34-,37-,38-,39-/m0/s1. The van der Waals surface area contributed by atoms with Gasteiger partial charge in [-0.3, -0.25) is 19.3 Å². The third-order valence-electron chi connectivity index (χ3n) is 11.6. The summed E-state index contributed by atoms with van der Waals surface area (Å²) in [5.74, 6) is -5.41. The molecule has 0 radical (unpaired) electrons. The molecule has 6 atom stereocenters. The van der Waals surface area contributed by atoms with Gasteiger partial charge < -0.3 is 31.3 Å². The highest BCUT2D eigenvalue weighted by molar-refractivity contribution is 5.72. The molecule has 54 heavy (non-hydrogen) atoms. The maximum atomic E-state index is 15.2. The zero-order valence-electron chi connectivity index (χ0n) is 30.6. The molecule has 6 N–H and O–H groups in total. The van der Waals surface area contributed by atoms with E-state index in [-0.39, 0.29) is 43.7 Å². The summed E-state index contributed by atoms with van der Waals surface area (Å²) in [7, 11) is 0. The maximum absolute atomic E-state index is 15.2. The Morgan fingerprint density at radius 1 is 0.556 bits per heavy atom. The summed E-state index contributed by atoms with van der Waals surface area (Å²) in [6.45, 7) is 5.11. The highest BCUT2D eigenvalue weighted by Crippen LogP contribution is 2.28. The Bertz CT molecular complexity index is 1690. The van der Waals surface area contributed by atoms with E-state index in [1.807, 2.05) is 36.4 Å². The van der Waals surface area contributed by atoms with Crippen LogP contribution >= 0.6 is 0 Å². The van der Waals surface area contributed by atoms with Gasteiger partial charge >= 0.3 is 17.9 Å². The van der Waals surface area contributed by atoms with Gasteiger partial charge in [0.2, 0.25) is 0 Å². The van der Waals surface area contributed by atoms with E-state index in [4.69, 9.17) is 0 Å². The number of aliphatic carboxylic acids is 3. The van der Waals surface area contributed by atoms with Crippen molar-refractivity contribution in [3.63, 3.8) is 0 Å². The monoisotopic (exact) mass is 746 g/mol. The van der Waals surface area contributed by atoms with Crippen LogP contribution in [0.15, 0.2) is 60.7 Å². The zero-order chi connectivity index (χ0) is 38.2. The van der Waals surface area contributed by atoms with E-state index in [1.165, 1.54) is 24.3 Å². The van der Waals surface area contributed by atoms with Crippen molar-refractivity contribution < 1.29 is 38.5 Å². The lowest BCUT2D eigenvalue weighted by molar-refractivity contribution is -0.144. The molecule has 290 valence electrons. The number of nitrogens with one attached hydrogen (secondary N) is 3. The minimum Gasteiger partial charge on any atom is -0.481 e. The smallest absolute Gasteiger partial charge is 0.307 e. The van der Waals surface area contributed by atoms with Crippen molar-refractivity contribution in [2.45, 2.75) is 58.2 Å². The number of carbonyl (C=O) groups is 3. The topological polar surface area (TPSA) is 151 Å². The average molecular weight is 747 g/mol. The van der Waals surface area contributed by atoms with Gasteiger partial charge in [-0.05, 0) is 153 Å². The minimum atomic E-state index is -0.901. The highest BCUT2D eigenvalue weighted by Gasteiger charge is 2.33. The van der Waals surface area contributed by atoms with Crippen molar-refractivity contribution >= 4 is 17.9 Å². The van der Waals surface area contributed by atoms with Gasteiger partial charge in [0.1, 0.15) is 11.6 Å². The molecule has 0 spiro atoms. The molecule has 3 aromatic rings. The van der Waals surface area contributed by atoms with Gasteiger partial charge in [0.25, 0.3) is 0 Å². The molecule has 3 aliphatic rings. The highest BCUT2D eigenvalue weighted by atomic mass is 19.1. The van der Waals surface area contributed by atoms with Gasteiger partial charge in [-0.2, -0.15) is 0 Å². The number of carboxylic acids is 3. The van der Waals surface area contributed by atoms with E-state index in [0.717, 1.165) is 50.0 Å². The second kappa shape index (κ2) is 18.4. The first-order valence-electron chi connectivity index (χ1n) is 19.2. The fraction of sp³-hybridized carbons (Fsp3) is 0.500. The Labute approximate surface area is 315 Å². The Balaban J connectivity index is 1.26. The molecule has 10 nitrogen and oxygen atoms in total.